The highest BCUT2D eigenvalue weighted by molar-refractivity contribution is 5.57. The smallest absolute Gasteiger partial charge is 0.151 e. The summed E-state index contributed by atoms with van der Waals surface area (Å²) in [5.74, 6) is -0.471. The Morgan fingerprint density at radius 3 is 2.12 bits per heavy atom. The second-order valence-electron chi connectivity index (χ2n) is 5.16. The van der Waals surface area contributed by atoms with Crippen LogP contribution in [0.25, 0.3) is 0 Å². The largest absolute Gasteiger partial charge is 0.399 e. The molecule has 2 nitrogen and oxygen atoms in total. The van der Waals surface area contributed by atoms with Gasteiger partial charge in [0.2, 0.25) is 0 Å². The zero-order valence-electron chi connectivity index (χ0n) is 9.63. The van der Waals surface area contributed by atoms with Crippen LogP contribution in [0.5, 0.6) is 0 Å². The summed E-state index contributed by atoms with van der Waals surface area (Å²) in [5, 5.41) is 0. The maximum atomic E-state index is 13.9. The van der Waals surface area contributed by atoms with E-state index in [1.165, 1.54) is 25.0 Å². The maximum absolute atomic E-state index is 13.9. The monoisotopic (exact) mass is 238 g/mol. The third-order valence-electron chi connectivity index (χ3n) is 4.04. The van der Waals surface area contributed by atoms with Crippen molar-refractivity contribution in [3.05, 3.63) is 23.8 Å². The van der Waals surface area contributed by atoms with Crippen molar-refractivity contribution in [1.29, 1.82) is 0 Å². The third kappa shape index (κ3) is 1.75. The van der Waals surface area contributed by atoms with Crippen LogP contribution in [0.3, 0.4) is 0 Å². The van der Waals surface area contributed by atoms with Gasteiger partial charge in [0.25, 0.3) is 0 Å². The molecule has 2 N–H and O–H groups in total. The standard InChI is InChI=1S/C13H16F2N2/c14-11-5-9(16)6-12(15)13(11)17-7-8-1-3-10(17)4-2-8/h5-6,8,10H,1-4,7,16H2. The summed E-state index contributed by atoms with van der Waals surface area (Å²) < 4.78 is 27.7. The molecule has 92 valence electrons. The Morgan fingerprint density at radius 1 is 1.06 bits per heavy atom. The lowest BCUT2D eigenvalue weighted by atomic mass is 9.79. The summed E-state index contributed by atoms with van der Waals surface area (Å²) in [4.78, 5) is 1.90. The van der Waals surface area contributed by atoms with Crippen LogP contribution < -0.4 is 10.6 Å². The molecule has 0 aromatic heterocycles. The number of fused-ring (bicyclic) bond motifs is 3. The van der Waals surface area contributed by atoms with Gasteiger partial charge in [0.1, 0.15) is 5.69 Å². The molecule has 2 heterocycles. The molecule has 3 fully saturated rings. The fraction of sp³-hybridized carbons (Fsp3) is 0.538. The average molecular weight is 238 g/mol. The van der Waals surface area contributed by atoms with E-state index in [9.17, 15) is 8.78 Å². The summed E-state index contributed by atoms with van der Waals surface area (Å²) >= 11 is 0. The average Bonchev–Trinajstić information content (AvgIpc) is 2.29. The van der Waals surface area contributed by atoms with E-state index in [4.69, 9.17) is 5.73 Å². The van der Waals surface area contributed by atoms with Crippen LogP contribution in [0, 0.1) is 17.6 Å². The molecule has 0 radical (unpaired) electrons. The topological polar surface area (TPSA) is 29.3 Å². The molecule has 17 heavy (non-hydrogen) atoms. The van der Waals surface area contributed by atoms with Gasteiger partial charge in [-0.2, -0.15) is 0 Å². The summed E-state index contributed by atoms with van der Waals surface area (Å²) in [6.45, 7) is 0.780. The molecule has 3 aliphatic rings. The van der Waals surface area contributed by atoms with Crippen molar-refractivity contribution in [3.8, 4) is 0 Å². The Balaban J connectivity index is 1.99. The van der Waals surface area contributed by atoms with Crippen molar-refractivity contribution in [2.45, 2.75) is 31.7 Å². The van der Waals surface area contributed by atoms with Gasteiger partial charge in [-0.15, -0.1) is 0 Å². The molecule has 0 atom stereocenters. The van der Waals surface area contributed by atoms with Crippen molar-refractivity contribution < 1.29 is 8.78 Å². The first-order chi connectivity index (χ1) is 8.15. The minimum absolute atomic E-state index is 0.119. The van der Waals surface area contributed by atoms with Crippen LogP contribution in [-0.4, -0.2) is 12.6 Å². The molecule has 1 aromatic rings. The lowest BCUT2D eigenvalue weighted by Crippen LogP contribution is -2.48. The van der Waals surface area contributed by atoms with Crippen LogP contribution in [0.1, 0.15) is 25.7 Å². The quantitative estimate of drug-likeness (QED) is 0.762. The molecule has 2 saturated heterocycles. The van der Waals surface area contributed by atoms with Gasteiger partial charge in [0, 0.05) is 18.3 Å². The minimum atomic E-state index is -0.532. The van der Waals surface area contributed by atoms with Crippen molar-refractivity contribution in [3.63, 3.8) is 0 Å². The van der Waals surface area contributed by atoms with E-state index >= 15 is 0 Å². The summed E-state index contributed by atoms with van der Waals surface area (Å²) in [7, 11) is 0. The number of hydrogen-bond acceptors (Lipinski definition) is 2. The van der Waals surface area contributed by atoms with E-state index in [0.717, 1.165) is 19.4 Å². The van der Waals surface area contributed by atoms with E-state index < -0.39 is 11.6 Å². The van der Waals surface area contributed by atoms with Crippen LogP contribution >= 0.6 is 0 Å². The number of rotatable bonds is 1. The van der Waals surface area contributed by atoms with Gasteiger partial charge >= 0.3 is 0 Å². The van der Waals surface area contributed by atoms with Crippen molar-refractivity contribution in [2.75, 3.05) is 17.2 Å². The molecule has 1 aliphatic carbocycles. The Hall–Kier alpha value is -1.32. The van der Waals surface area contributed by atoms with Crippen LogP contribution in [-0.2, 0) is 0 Å². The number of piperidine rings is 2. The lowest BCUT2D eigenvalue weighted by Gasteiger charge is -2.46. The van der Waals surface area contributed by atoms with Gasteiger partial charge in [0.05, 0.1) is 0 Å². The number of halogens is 2. The first kappa shape index (κ1) is 10.8. The van der Waals surface area contributed by atoms with Gasteiger partial charge in [-0.05, 0) is 43.7 Å². The van der Waals surface area contributed by atoms with E-state index in [0.29, 0.717) is 12.0 Å². The molecule has 0 amide bonds. The van der Waals surface area contributed by atoms with Crippen molar-refractivity contribution in [2.24, 2.45) is 5.92 Å². The molecule has 4 heteroatoms. The molecule has 0 spiro atoms. The van der Waals surface area contributed by atoms with E-state index in [1.54, 1.807) is 0 Å². The molecule has 4 rings (SSSR count). The second-order valence-corrected chi connectivity index (χ2v) is 5.16. The van der Waals surface area contributed by atoms with Crippen LogP contribution in [0.2, 0.25) is 0 Å². The van der Waals surface area contributed by atoms with Gasteiger partial charge in [0.15, 0.2) is 11.6 Å². The highest BCUT2D eigenvalue weighted by Gasteiger charge is 2.36. The zero-order valence-corrected chi connectivity index (χ0v) is 9.63. The number of nitrogens with two attached hydrogens (primary N) is 1. The molecular weight excluding hydrogens is 222 g/mol. The first-order valence-corrected chi connectivity index (χ1v) is 6.16. The Bertz CT molecular complexity index is 416. The predicted octanol–water partition coefficient (Wildman–Crippen LogP) is 2.93. The summed E-state index contributed by atoms with van der Waals surface area (Å²) in [5.41, 5.74) is 5.70. The number of hydrogen-bond donors (Lipinski definition) is 1. The van der Waals surface area contributed by atoms with E-state index in [1.807, 2.05) is 4.90 Å². The Morgan fingerprint density at radius 2 is 1.65 bits per heavy atom. The highest BCUT2D eigenvalue weighted by Crippen LogP contribution is 2.39. The number of nitrogens with zero attached hydrogens (tertiary/aromatic N) is 1. The maximum Gasteiger partial charge on any atom is 0.151 e. The van der Waals surface area contributed by atoms with Gasteiger partial charge < -0.3 is 10.6 Å². The lowest BCUT2D eigenvalue weighted by molar-refractivity contribution is 0.249. The summed E-state index contributed by atoms with van der Waals surface area (Å²) in [6.07, 6.45) is 4.49. The number of anilines is 2. The number of nitrogen functional groups attached to an aromatic ring is 1. The Labute approximate surface area is 99.4 Å². The number of benzene rings is 1. The van der Waals surface area contributed by atoms with Gasteiger partial charge in [-0.1, -0.05) is 0 Å². The normalized spacial score (nSPS) is 27.5. The van der Waals surface area contributed by atoms with Gasteiger partial charge in [-0.3, -0.25) is 0 Å². The molecule has 2 bridgehead atoms. The first-order valence-electron chi connectivity index (χ1n) is 6.16. The van der Waals surface area contributed by atoms with Crippen molar-refractivity contribution >= 4 is 11.4 Å². The minimum Gasteiger partial charge on any atom is -0.399 e. The van der Waals surface area contributed by atoms with Crippen LogP contribution in [0.15, 0.2) is 12.1 Å². The molecule has 2 aliphatic heterocycles. The fourth-order valence-corrected chi connectivity index (χ4v) is 3.20. The third-order valence-corrected chi connectivity index (χ3v) is 4.04. The van der Waals surface area contributed by atoms with E-state index in [-0.39, 0.29) is 11.4 Å². The van der Waals surface area contributed by atoms with Gasteiger partial charge in [-0.25, -0.2) is 8.78 Å². The summed E-state index contributed by atoms with van der Waals surface area (Å²) in [6, 6.07) is 2.72. The fourth-order valence-electron chi connectivity index (χ4n) is 3.20. The zero-order chi connectivity index (χ0) is 12.0. The van der Waals surface area contributed by atoms with E-state index in [2.05, 4.69) is 0 Å². The predicted molar refractivity (Wildman–Crippen MR) is 63.9 cm³/mol. The molecule has 0 unspecified atom stereocenters. The van der Waals surface area contributed by atoms with Crippen LogP contribution in [0.4, 0.5) is 20.2 Å². The molecule has 1 aromatic carbocycles. The van der Waals surface area contributed by atoms with Crippen molar-refractivity contribution in [1.82, 2.24) is 0 Å². The Kier molecular flexibility index (Phi) is 2.45. The molecular formula is C13H16F2N2. The molecule has 1 saturated carbocycles. The SMILES string of the molecule is Nc1cc(F)c(N2CC3CCC2CC3)c(F)c1. The second kappa shape index (κ2) is 3.86. The highest BCUT2D eigenvalue weighted by atomic mass is 19.1.